The monoisotopic (exact) mass is 391 g/mol. The Morgan fingerprint density at radius 1 is 1.19 bits per heavy atom. The van der Waals surface area contributed by atoms with Gasteiger partial charge in [0.2, 0.25) is 10.0 Å². The molecular weight excluding hydrogens is 366 g/mol. The van der Waals surface area contributed by atoms with Crippen LogP contribution in [0.4, 0.5) is 5.82 Å². The molecule has 27 heavy (non-hydrogen) atoms. The highest BCUT2D eigenvalue weighted by Gasteiger charge is 2.26. The number of anilines is 1. The van der Waals surface area contributed by atoms with E-state index in [4.69, 9.17) is 9.47 Å². The molecule has 0 saturated carbocycles. The highest BCUT2D eigenvalue weighted by Crippen LogP contribution is 2.24. The van der Waals surface area contributed by atoms with Gasteiger partial charge in [-0.2, -0.15) is 4.31 Å². The van der Waals surface area contributed by atoms with Crippen LogP contribution in [0.15, 0.2) is 47.5 Å². The van der Waals surface area contributed by atoms with Gasteiger partial charge in [-0.25, -0.2) is 13.4 Å². The van der Waals surface area contributed by atoms with E-state index in [2.05, 4.69) is 17.2 Å². The molecule has 1 aromatic carbocycles. The van der Waals surface area contributed by atoms with Gasteiger partial charge in [-0.3, -0.25) is 0 Å². The van der Waals surface area contributed by atoms with Crippen LogP contribution in [0.3, 0.4) is 0 Å². The molecule has 8 heteroatoms. The van der Waals surface area contributed by atoms with Crippen molar-refractivity contribution < 1.29 is 17.9 Å². The predicted octanol–water partition coefficient (Wildman–Crippen LogP) is 2.67. The summed E-state index contributed by atoms with van der Waals surface area (Å²) in [4.78, 5) is 4.52. The highest BCUT2D eigenvalue weighted by molar-refractivity contribution is 7.89. The molecule has 1 aliphatic rings. The van der Waals surface area contributed by atoms with Gasteiger partial charge in [0.1, 0.15) is 16.5 Å². The molecule has 0 radical (unpaired) electrons. The molecule has 1 N–H and O–H groups in total. The fraction of sp³-hybridized carbons (Fsp3) is 0.421. The maximum atomic E-state index is 12.7. The smallest absolute Gasteiger partial charge is 0.244 e. The molecule has 2 aromatic rings. The van der Waals surface area contributed by atoms with E-state index in [9.17, 15) is 8.42 Å². The summed E-state index contributed by atoms with van der Waals surface area (Å²) >= 11 is 0. The van der Waals surface area contributed by atoms with Crippen LogP contribution >= 0.6 is 0 Å². The minimum absolute atomic E-state index is 0.0742. The van der Waals surface area contributed by atoms with E-state index < -0.39 is 10.0 Å². The molecule has 0 spiro atoms. The van der Waals surface area contributed by atoms with Gasteiger partial charge in [0.05, 0.1) is 26.4 Å². The average molecular weight is 391 g/mol. The van der Waals surface area contributed by atoms with Gasteiger partial charge in [-0.1, -0.05) is 19.1 Å². The van der Waals surface area contributed by atoms with E-state index in [1.165, 1.54) is 10.5 Å². The van der Waals surface area contributed by atoms with Crippen molar-refractivity contribution in [2.75, 3.05) is 38.7 Å². The lowest BCUT2D eigenvalue weighted by molar-refractivity contribution is 0.0730. The van der Waals surface area contributed by atoms with Crippen molar-refractivity contribution in [1.82, 2.24) is 9.29 Å². The van der Waals surface area contributed by atoms with Crippen LogP contribution in [0.25, 0.3) is 0 Å². The van der Waals surface area contributed by atoms with Crippen LogP contribution in [0.2, 0.25) is 0 Å². The first kappa shape index (κ1) is 19.6. The number of hydrogen-bond acceptors (Lipinski definition) is 6. The van der Waals surface area contributed by atoms with E-state index in [-0.39, 0.29) is 10.9 Å². The van der Waals surface area contributed by atoms with Crippen LogP contribution < -0.4 is 10.1 Å². The molecule has 0 amide bonds. The number of methoxy groups -OCH3 is 1. The topological polar surface area (TPSA) is 80.8 Å². The molecule has 3 rings (SSSR count). The average Bonchev–Trinajstić information content (AvgIpc) is 2.73. The zero-order valence-corrected chi connectivity index (χ0v) is 16.4. The minimum atomic E-state index is -3.52. The number of morpholine rings is 1. The quantitative estimate of drug-likeness (QED) is 0.782. The lowest BCUT2D eigenvalue weighted by Crippen LogP contribution is -2.40. The number of benzene rings is 1. The number of rotatable bonds is 7. The molecule has 2 heterocycles. The molecule has 0 unspecified atom stereocenters. The first-order chi connectivity index (χ1) is 13.0. The van der Waals surface area contributed by atoms with Crippen molar-refractivity contribution in [3.63, 3.8) is 0 Å². The van der Waals surface area contributed by atoms with Crippen LogP contribution in [0.5, 0.6) is 5.75 Å². The van der Waals surface area contributed by atoms with Gasteiger partial charge in [0, 0.05) is 19.3 Å². The van der Waals surface area contributed by atoms with Crippen molar-refractivity contribution in [2.24, 2.45) is 0 Å². The summed E-state index contributed by atoms with van der Waals surface area (Å²) in [6.07, 6.45) is 2.27. The van der Waals surface area contributed by atoms with Gasteiger partial charge < -0.3 is 14.8 Å². The second-order valence-corrected chi connectivity index (χ2v) is 8.21. The number of aromatic nitrogens is 1. The Hall–Kier alpha value is -2.16. The Labute approximate surface area is 160 Å². The number of nitrogens with one attached hydrogen (secondary N) is 1. The van der Waals surface area contributed by atoms with Crippen LogP contribution in [0.1, 0.15) is 24.9 Å². The number of nitrogens with zero attached hydrogens (tertiary/aromatic N) is 2. The molecule has 1 saturated heterocycles. The van der Waals surface area contributed by atoms with E-state index in [1.54, 1.807) is 19.2 Å². The number of pyridine rings is 1. The van der Waals surface area contributed by atoms with Gasteiger partial charge in [0.25, 0.3) is 0 Å². The minimum Gasteiger partial charge on any atom is -0.497 e. The first-order valence-corrected chi connectivity index (χ1v) is 10.4. The Morgan fingerprint density at radius 3 is 2.44 bits per heavy atom. The van der Waals surface area contributed by atoms with E-state index in [0.29, 0.717) is 32.1 Å². The Balaban J connectivity index is 1.72. The van der Waals surface area contributed by atoms with E-state index >= 15 is 0 Å². The Morgan fingerprint density at radius 2 is 1.89 bits per heavy atom. The molecule has 1 atom stereocenters. The molecule has 1 aromatic heterocycles. The number of sulfonamides is 1. The molecule has 1 fully saturated rings. The fourth-order valence-corrected chi connectivity index (χ4v) is 4.34. The zero-order chi connectivity index (χ0) is 19.3. The highest BCUT2D eigenvalue weighted by atomic mass is 32.2. The molecular formula is C19H25N3O4S. The lowest BCUT2D eigenvalue weighted by atomic mass is 10.0. The van der Waals surface area contributed by atoms with Crippen molar-refractivity contribution in [2.45, 2.75) is 24.3 Å². The molecule has 1 aliphatic heterocycles. The summed E-state index contributed by atoms with van der Waals surface area (Å²) in [6, 6.07) is 11.2. The second-order valence-electron chi connectivity index (χ2n) is 6.27. The number of hydrogen-bond donors (Lipinski definition) is 1. The summed E-state index contributed by atoms with van der Waals surface area (Å²) in [6.45, 7) is 3.67. The lowest BCUT2D eigenvalue weighted by Gasteiger charge is -2.26. The second kappa shape index (κ2) is 8.69. The van der Waals surface area contributed by atoms with Gasteiger partial charge in [-0.15, -0.1) is 0 Å². The van der Waals surface area contributed by atoms with Gasteiger partial charge in [-0.05, 0) is 36.2 Å². The molecule has 0 bridgehead atoms. The van der Waals surface area contributed by atoms with E-state index in [1.807, 2.05) is 24.3 Å². The summed E-state index contributed by atoms with van der Waals surface area (Å²) < 4.78 is 37.2. The Bertz CT molecular complexity index is 832. The summed E-state index contributed by atoms with van der Waals surface area (Å²) in [7, 11) is -1.88. The SMILES string of the molecule is CC[C@@H](Nc1ccc(S(=O)(=O)N2CCOCC2)cn1)c1ccc(OC)cc1. The third kappa shape index (κ3) is 4.58. The standard InChI is InChI=1S/C19H25N3O4S/c1-3-18(15-4-6-16(25-2)7-5-15)21-19-9-8-17(14-20-19)27(23,24)22-10-12-26-13-11-22/h4-9,14,18H,3,10-13H2,1-2H3,(H,20,21)/t18-/m1/s1. The van der Waals surface area contributed by atoms with Crippen LogP contribution in [-0.4, -0.2) is 51.1 Å². The third-order valence-corrected chi connectivity index (χ3v) is 6.47. The van der Waals surface area contributed by atoms with Crippen molar-refractivity contribution in [3.05, 3.63) is 48.2 Å². The van der Waals surface area contributed by atoms with Crippen molar-refractivity contribution >= 4 is 15.8 Å². The number of ether oxygens (including phenoxy) is 2. The normalized spacial score (nSPS) is 16.7. The van der Waals surface area contributed by atoms with Gasteiger partial charge >= 0.3 is 0 Å². The summed E-state index contributed by atoms with van der Waals surface area (Å²) in [5, 5.41) is 3.36. The van der Waals surface area contributed by atoms with E-state index in [0.717, 1.165) is 17.7 Å². The molecule has 7 nitrogen and oxygen atoms in total. The fourth-order valence-electron chi connectivity index (χ4n) is 2.99. The summed E-state index contributed by atoms with van der Waals surface area (Å²) in [5.74, 6) is 1.45. The maximum absolute atomic E-state index is 12.7. The van der Waals surface area contributed by atoms with Crippen molar-refractivity contribution in [1.29, 1.82) is 0 Å². The van der Waals surface area contributed by atoms with Crippen LogP contribution in [0, 0.1) is 0 Å². The summed E-state index contributed by atoms with van der Waals surface area (Å²) in [5.41, 5.74) is 1.12. The van der Waals surface area contributed by atoms with Gasteiger partial charge in [0.15, 0.2) is 0 Å². The van der Waals surface area contributed by atoms with Crippen molar-refractivity contribution in [3.8, 4) is 5.75 Å². The predicted molar refractivity (Wildman–Crippen MR) is 103 cm³/mol. The largest absolute Gasteiger partial charge is 0.497 e. The maximum Gasteiger partial charge on any atom is 0.244 e. The molecule has 0 aliphatic carbocycles. The zero-order valence-electron chi connectivity index (χ0n) is 15.6. The third-order valence-electron chi connectivity index (χ3n) is 4.59. The Kier molecular flexibility index (Phi) is 6.30. The van der Waals surface area contributed by atoms with Crippen LogP contribution in [-0.2, 0) is 14.8 Å². The molecule has 146 valence electrons. The first-order valence-electron chi connectivity index (χ1n) is 8.99.